The number of esters is 1. The number of aromatic nitrogens is 1. The molecule has 2 aliphatic rings. The SMILES string of the molecule is CCOC(=O)c1[nH]c2ccc(OC)cc2c1NC(=O)CN1CCN(C2c3ccccc3-c3ccccc32)CC1. The van der Waals surface area contributed by atoms with Crippen LogP contribution in [0.25, 0.3) is 22.0 Å². The summed E-state index contributed by atoms with van der Waals surface area (Å²) in [7, 11) is 1.58. The Balaban J connectivity index is 1.15. The number of fused-ring (bicyclic) bond motifs is 4. The second-order valence-electron chi connectivity index (χ2n) is 9.94. The molecule has 8 nitrogen and oxygen atoms in total. The number of carbonyl (C=O) groups is 2. The van der Waals surface area contributed by atoms with Gasteiger partial charge in [0.05, 0.1) is 32.0 Å². The number of ether oxygens (including phenoxy) is 2. The molecule has 0 bridgehead atoms. The van der Waals surface area contributed by atoms with Crippen molar-refractivity contribution in [3.63, 3.8) is 0 Å². The zero-order chi connectivity index (χ0) is 26.9. The number of nitrogens with zero attached hydrogens (tertiary/aromatic N) is 2. The van der Waals surface area contributed by atoms with Crippen LogP contribution in [0.2, 0.25) is 0 Å². The normalized spacial score (nSPS) is 15.6. The van der Waals surface area contributed by atoms with Crippen LogP contribution in [0, 0.1) is 0 Å². The van der Waals surface area contributed by atoms with Gasteiger partial charge in [-0.1, -0.05) is 48.5 Å². The predicted octanol–water partition coefficient (Wildman–Crippen LogP) is 4.68. The van der Waals surface area contributed by atoms with Crippen LogP contribution < -0.4 is 10.1 Å². The number of nitrogens with one attached hydrogen (secondary N) is 2. The van der Waals surface area contributed by atoms with Gasteiger partial charge in [0.1, 0.15) is 11.4 Å². The van der Waals surface area contributed by atoms with Crippen molar-refractivity contribution < 1.29 is 19.1 Å². The predicted molar refractivity (Wildman–Crippen MR) is 151 cm³/mol. The molecule has 0 saturated carbocycles. The molecule has 1 aromatic heterocycles. The number of amides is 1. The first kappa shape index (κ1) is 25.2. The number of methoxy groups -OCH3 is 1. The van der Waals surface area contributed by atoms with Crippen molar-refractivity contribution in [1.29, 1.82) is 0 Å². The van der Waals surface area contributed by atoms with Crippen molar-refractivity contribution >= 4 is 28.5 Å². The molecule has 6 rings (SSSR count). The first-order chi connectivity index (χ1) is 19.1. The van der Waals surface area contributed by atoms with E-state index in [2.05, 4.69) is 68.6 Å². The average molecular weight is 525 g/mol. The van der Waals surface area contributed by atoms with Gasteiger partial charge in [-0.25, -0.2) is 4.79 Å². The van der Waals surface area contributed by atoms with Gasteiger partial charge in [0.2, 0.25) is 5.91 Å². The number of hydrogen-bond acceptors (Lipinski definition) is 6. The lowest BCUT2D eigenvalue weighted by Gasteiger charge is -2.38. The summed E-state index contributed by atoms with van der Waals surface area (Å²) in [5, 5.41) is 3.68. The molecule has 1 aliphatic carbocycles. The number of hydrogen-bond donors (Lipinski definition) is 2. The third kappa shape index (κ3) is 4.66. The van der Waals surface area contributed by atoms with Gasteiger partial charge < -0.3 is 19.8 Å². The summed E-state index contributed by atoms with van der Waals surface area (Å²) < 4.78 is 10.6. The number of rotatable bonds is 7. The van der Waals surface area contributed by atoms with Crippen LogP contribution >= 0.6 is 0 Å². The minimum Gasteiger partial charge on any atom is -0.497 e. The number of carbonyl (C=O) groups excluding carboxylic acids is 2. The highest BCUT2D eigenvalue weighted by molar-refractivity contribution is 6.11. The average Bonchev–Trinajstić information content (AvgIpc) is 3.49. The summed E-state index contributed by atoms with van der Waals surface area (Å²) in [6.45, 7) is 5.51. The van der Waals surface area contributed by atoms with Crippen LogP contribution in [0.1, 0.15) is 34.6 Å². The first-order valence-corrected chi connectivity index (χ1v) is 13.4. The fourth-order valence-corrected chi connectivity index (χ4v) is 5.87. The van der Waals surface area contributed by atoms with E-state index in [0.29, 0.717) is 16.8 Å². The fourth-order valence-electron chi connectivity index (χ4n) is 5.87. The van der Waals surface area contributed by atoms with Gasteiger partial charge in [0.25, 0.3) is 0 Å². The first-order valence-electron chi connectivity index (χ1n) is 13.4. The molecule has 0 atom stereocenters. The van der Waals surface area contributed by atoms with Crippen LogP contribution in [0.15, 0.2) is 66.7 Å². The van der Waals surface area contributed by atoms with Crippen LogP contribution in [0.5, 0.6) is 5.75 Å². The Labute approximate surface area is 227 Å². The van der Waals surface area contributed by atoms with E-state index in [-0.39, 0.29) is 30.8 Å². The summed E-state index contributed by atoms with van der Waals surface area (Å²) in [5.41, 5.74) is 6.71. The monoisotopic (exact) mass is 524 g/mol. The maximum absolute atomic E-state index is 13.2. The number of piperazine rings is 1. The molecule has 3 aromatic carbocycles. The molecule has 39 heavy (non-hydrogen) atoms. The Morgan fingerprint density at radius 1 is 0.949 bits per heavy atom. The lowest BCUT2D eigenvalue weighted by atomic mass is 10.0. The van der Waals surface area contributed by atoms with Gasteiger partial charge in [-0.05, 0) is 47.4 Å². The van der Waals surface area contributed by atoms with E-state index < -0.39 is 5.97 Å². The van der Waals surface area contributed by atoms with E-state index >= 15 is 0 Å². The molecule has 2 heterocycles. The zero-order valence-corrected chi connectivity index (χ0v) is 22.2. The maximum Gasteiger partial charge on any atom is 0.356 e. The van der Waals surface area contributed by atoms with Crippen LogP contribution in [-0.2, 0) is 9.53 Å². The second-order valence-corrected chi connectivity index (χ2v) is 9.94. The Morgan fingerprint density at radius 2 is 1.62 bits per heavy atom. The lowest BCUT2D eigenvalue weighted by Crippen LogP contribution is -2.49. The number of anilines is 1. The summed E-state index contributed by atoms with van der Waals surface area (Å²) in [4.78, 5) is 33.6. The molecule has 0 spiro atoms. The van der Waals surface area contributed by atoms with E-state index in [9.17, 15) is 9.59 Å². The van der Waals surface area contributed by atoms with Crippen molar-refractivity contribution in [3.05, 3.63) is 83.6 Å². The van der Waals surface area contributed by atoms with E-state index in [1.54, 1.807) is 26.2 Å². The number of aromatic amines is 1. The molecule has 0 radical (unpaired) electrons. The smallest absolute Gasteiger partial charge is 0.356 e. The van der Waals surface area contributed by atoms with E-state index in [0.717, 1.165) is 31.7 Å². The van der Waals surface area contributed by atoms with Crippen molar-refractivity contribution in [1.82, 2.24) is 14.8 Å². The summed E-state index contributed by atoms with van der Waals surface area (Å²) in [5.74, 6) is -0.0402. The Morgan fingerprint density at radius 3 is 2.26 bits per heavy atom. The number of H-pyrrole nitrogens is 1. The molecule has 4 aromatic rings. The Bertz CT molecular complexity index is 1490. The van der Waals surface area contributed by atoms with Gasteiger partial charge >= 0.3 is 5.97 Å². The third-order valence-corrected chi connectivity index (χ3v) is 7.69. The lowest BCUT2D eigenvalue weighted by molar-refractivity contribution is -0.117. The molecule has 1 amide bonds. The summed E-state index contributed by atoms with van der Waals surface area (Å²) >= 11 is 0. The van der Waals surface area contributed by atoms with Crippen molar-refractivity contribution in [2.75, 3.05) is 51.8 Å². The quantitative estimate of drug-likeness (QED) is 0.342. The zero-order valence-electron chi connectivity index (χ0n) is 22.2. The van der Waals surface area contributed by atoms with Gasteiger partial charge in [0.15, 0.2) is 0 Å². The van der Waals surface area contributed by atoms with E-state index in [1.165, 1.54) is 22.3 Å². The minimum atomic E-state index is -0.506. The van der Waals surface area contributed by atoms with Crippen LogP contribution in [-0.4, -0.2) is 73.1 Å². The highest BCUT2D eigenvalue weighted by atomic mass is 16.5. The Hall–Kier alpha value is -4.14. The Kier molecular flexibility index (Phi) is 6.81. The van der Waals surface area contributed by atoms with Gasteiger partial charge in [-0.3, -0.25) is 14.6 Å². The third-order valence-electron chi connectivity index (χ3n) is 7.69. The summed E-state index contributed by atoms with van der Waals surface area (Å²) in [6.07, 6.45) is 0. The molecule has 8 heteroatoms. The molecular weight excluding hydrogens is 492 g/mol. The fraction of sp³-hybridized carbons (Fsp3) is 0.290. The molecule has 200 valence electrons. The standard InChI is InChI=1S/C31H32N4O4/c1-3-39-31(37)29-28(25-18-20(38-2)12-13-26(25)32-29)33-27(36)19-34-14-16-35(17-15-34)30-23-10-6-4-8-21(23)22-9-5-7-11-24(22)30/h4-13,18,30,32H,3,14-17,19H2,1-2H3,(H,33,36). The molecule has 2 N–H and O–H groups in total. The maximum atomic E-state index is 13.2. The van der Waals surface area contributed by atoms with Crippen molar-refractivity contribution in [2.24, 2.45) is 0 Å². The summed E-state index contributed by atoms with van der Waals surface area (Å²) in [6, 6.07) is 23.0. The van der Waals surface area contributed by atoms with Crippen molar-refractivity contribution in [3.8, 4) is 16.9 Å². The molecule has 1 saturated heterocycles. The second kappa shape index (κ2) is 10.6. The molecular formula is C31H32N4O4. The minimum absolute atomic E-state index is 0.172. The van der Waals surface area contributed by atoms with E-state index in [4.69, 9.17) is 9.47 Å². The van der Waals surface area contributed by atoms with Crippen LogP contribution in [0.4, 0.5) is 5.69 Å². The largest absolute Gasteiger partial charge is 0.497 e. The van der Waals surface area contributed by atoms with E-state index in [1.807, 2.05) is 6.07 Å². The topological polar surface area (TPSA) is 86.9 Å². The molecule has 1 aliphatic heterocycles. The van der Waals surface area contributed by atoms with Gasteiger partial charge in [-0.2, -0.15) is 0 Å². The highest BCUT2D eigenvalue weighted by Crippen LogP contribution is 2.46. The molecule has 0 unspecified atom stereocenters. The molecule has 1 fully saturated rings. The van der Waals surface area contributed by atoms with Gasteiger partial charge in [-0.15, -0.1) is 0 Å². The van der Waals surface area contributed by atoms with Gasteiger partial charge in [0, 0.05) is 37.1 Å². The van der Waals surface area contributed by atoms with Crippen LogP contribution in [0.3, 0.4) is 0 Å². The highest BCUT2D eigenvalue weighted by Gasteiger charge is 2.34. The number of benzene rings is 3. The van der Waals surface area contributed by atoms with Crippen molar-refractivity contribution in [2.45, 2.75) is 13.0 Å².